The van der Waals surface area contributed by atoms with Gasteiger partial charge in [0.25, 0.3) is 5.69 Å². The molecule has 1 aromatic rings. The third kappa shape index (κ3) is 2.78. The Kier molecular flexibility index (Phi) is 3.82. The Morgan fingerprint density at radius 1 is 1.67 bits per heavy atom. The Morgan fingerprint density at radius 2 is 2.33 bits per heavy atom. The van der Waals surface area contributed by atoms with Crippen molar-refractivity contribution < 1.29 is 4.92 Å². The first-order chi connectivity index (χ1) is 7.06. The molecule has 0 amide bonds. The summed E-state index contributed by atoms with van der Waals surface area (Å²) in [5.74, 6) is 0. The van der Waals surface area contributed by atoms with Crippen LogP contribution < -0.4 is 5.73 Å². The van der Waals surface area contributed by atoms with Crippen LogP contribution in [0.15, 0.2) is 30.9 Å². The van der Waals surface area contributed by atoms with Crippen molar-refractivity contribution in [2.24, 2.45) is 5.73 Å². The molecular formula is C10H11ClN2O2. The lowest BCUT2D eigenvalue weighted by Crippen LogP contribution is -2.10. The first-order valence-electron chi connectivity index (χ1n) is 4.36. The van der Waals surface area contributed by atoms with Crippen molar-refractivity contribution in [1.29, 1.82) is 0 Å². The van der Waals surface area contributed by atoms with Crippen molar-refractivity contribution in [2.45, 2.75) is 12.5 Å². The zero-order valence-corrected chi connectivity index (χ0v) is 8.78. The molecule has 0 aliphatic rings. The fraction of sp³-hybridized carbons (Fsp3) is 0.200. The van der Waals surface area contributed by atoms with E-state index in [1.807, 2.05) is 0 Å². The van der Waals surface area contributed by atoms with Crippen LogP contribution in [0.1, 0.15) is 18.0 Å². The van der Waals surface area contributed by atoms with Gasteiger partial charge in [-0.05, 0) is 18.1 Å². The molecule has 2 N–H and O–H groups in total. The van der Waals surface area contributed by atoms with Crippen LogP contribution in [0.3, 0.4) is 0 Å². The van der Waals surface area contributed by atoms with Gasteiger partial charge in [-0.1, -0.05) is 17.7 Å². The summed E-state index contributed by atoms with van der Waals surface area (Å²) < 4.78 is 0. The number of hydrogen-bond acceptors (Lipinski definition) is 3. The molecule has 1 rings (SSSR count). The van der Waals surface area contributed by atoms with Gasteiger partial charge in [0, 0.05) is 23.2 Å². The predicted molar refractivity (Wildman–Crippen MR) is 59.8 cm³/mol. The lowest BCUT2D eigenvalue weighted by molar-refractivity contribution is -0.384. The average Bonchev–Trinajstić information content (AvgIpc) is 2.18. The third-order valence-corrected chi connectivity index (χ3v) is 2.35. The lowest BCUT2D eigenvalue weighted by atomic mass is 10.0. The number of nitro groups is 1. The fourth-order valence-corrected chi connectivity index (χ4v) is 1.49. The monoisotopic (exact) mass is 226 g/mol. The molecule has 1 atom stereocenters. The van der Waals surface area contributed by atoms with Crippen LogP contribution in [0.4, 0.5) is 5.69 Å². The van der Waals surface area contributed by atoms with Crippen LogP contribution in [-0.2, 0) is 0 Å². The molecule has 0 heterocycles. The van der Waals surface area contributed by atoms with Crippen molar-refractivity contribution in [3.8, 4) is 0 Å². The summed E-state index contributed by atoms with van der Waals surface area (Å²) in [4.78, 5) is 10.1. The molecule has 80 valence electrons. The second-order valence-corrected chi connectivity index (χ2v) is 3.50. The van der Waals surface area contributed by atoms with Gasteiger partial charge < -0.3 is 5.73 Å². The highest BCUT2D eigenvalue weighted by molar-refractivity contribution is 6.31. The highest BCUT2D eigenvalue weighted by atomic mass is 35.5. The standard InChI is InChI=1S/C10H11ClN2O2/c1-2-3-10(12)8-6-7(13(14)15)4-5-9(8)11/h2,4-6,10H,1,3,12H2/t10-/m1/s1. The van der Waals surface area contributed by atoms with E-state index in [0.717, 1.165) is 0 Å². The highest BCUT2D eigenvalue weighted by Gasteiger charge is 2.14. The van der Waals surface area contributed by atoms with E-state index in [-0.39, 0.29) is 11.7 Å². The minimum atomic E-state index is -0.472. The van der Waals surface area contributed by atoms with Crippen molar-refractivity contribution >= 4 is 17.3 Å². The zero-order valence-electron chi connectivity index (χ0n) is 8.02. The smallest absolute Gasteiger partial charge is 0.269 e. The molecule has 0 unspecified atom stereocenters. The van der Waals surface area contributed by atoms with Crippen LogP contribution in [0, 0.1) is 10.1 Å². The molecule has 0 saturated carbocycles. The molecular weight excluding hydrogens is 216 g/mol. The molecule has 0 aliphatic carbocycles. The second kappa shape index (κ2) is 4.91. The molecule has 0 bridgehead atoms. The number of nitrogens with zero attached hydrogens (tertiary/aromatic N) is 1. The predicted octanol–water partition coefficient (Wildman–Crippen LogP) is 2.82. The first-order valence-corrected chi connectivity index (χ1v) is 4.74. The van der Waals surface area contributed by atoms with E-state index >= 15 is 0 Å². The minimum Gasteiger partial charge on any atom is -0.324 e. The van der Waals surface area contributed by atoms with Gasteiger partial charge in [-0.3, -0.25) is 10.1 Å². The van der Waals surface area contributed by atoms with E-state index < -0.39 is 4.92 Å². The summed E-state index contributed by atoms with van der Waals surface area (Å²) in [5.41, 5.74) is 6.37. The van der Waals surface area contributed by atoms with Crippen molar-refractivity contribution in [3.05, 3.63) is 51.6 Å². The molecule has 0 radical (unpaired) electrons. The zero-order chi connectivity index (χ0) is 11.4. The number of nitrogens with two attached hydrogens (primary N) is 1. The molecule has 0 spiro atoms. The molecule has 1 aromatic carbocycles. The second-order valence-electron chi connectivity index (χ2n) is 3.09. The number of halogens is 1. The van der Waals surface area contributed by atoms with Crippen molar-refractivity contribution in [2.75, 3.05) is 0 Å². The number of nitro benzene ring substituents is 1. The summed E-state index contributed by atoms with van der Waals surface area (Å²) in [6.45, 7) is 3.56. The van der Waals surface area contributed by atoms with E-state index in [0.29, 0.717) is 17.0 Å². The molecule has 0 saturated heterocycles. The van der Waals surface area contributed by atoms with Gasteiger partial charge in [-0.15, -0.1) is 6.58 Å². The van der Waals surface area contributed by atoms with Crippen molar-refractivity contribution in [1.82, 2.24) is 0 Å². The maximum Gasteiger partial charge on any atom is 0.269 e. The van der Waals surface area contributed by atoms with Crippen LogP contribution in [0.5, 0.6) is 0 Å². The molecule has 4 nitrogen and oxygen atoms in total. The highest BCUT2D eigenvalue weighted by Crippen LogP contribution is 2.27. The maximum absolute atomic E-state index is 10.5. The van der Waals surface area contributed by atoms with Gasteiger partial charge >= 0.3 is 0 Å². The number of benzene rings is 1. The molecule has 0 aliphatic heterocycles. The number of hydrogen-bond donors (Lipinski definition) is 1. The van der Waals surface area contributed by atoms with E-state index in [1.54, 1.807) is 6.08 Å². The Balaban J connectivity index is 3.09. The SMILES string of the molecule is C=CC[C@@H](N)c1cc([N+](=O)[O-])ccc1Cl. The Morgan fingerprint density at radius 3 is 2.87 bits per heavy atom. The maximum atomic E-state index is 10.5. The Bertz CT molecular complexity index is 393. The van der Waals surface area contributed by atoms with Crippen LogP contribution in [-0.4, -0.2) is 4.92 Å². The average molecular weight is 227 g/mol. The van der Waals surface area contributed by atoms with Crippen LogP contribution in [0.25, 0.3) is 0 Å². The van der Waals surface area contributed by atoms with Gasteiger partial charge in [0.05, 0.1) is 4.92 Å². The van der Waals surface area contributed by atoms with E-state index in [1.165, 1.54) is 18.2 Å². The normalized spacial score (nSPS) is 12.1. The number of non-ortho nitro benzene ring substituents is 1. The van der Waals surface area contributed by atoms with Gasteiger partial charge in [0.15, 0.2) is 0 Å². The summed E-state index contributed by atoms with van der Waals surface area (Å²) in [7, 11) is 0. The third-order valence-electron chi connectivity index (χ3n) is 2.01. The Labute approximate surface area is 92.5 Å². The van der Waals surface area contributed by atoms with Crippen LogP contribution in [0.2, 0.25) is 5.02 Å². The summed E-state index contributed by atoms with van der Waals surface area (Å²) in [6, 6.07) is 3.89. The van der Waals surface area contributed by atoms with Crippen molar-refractivity contribution in [3.63, 3.8) is 0 Å². The molecule has 0 fully saturated rings. The van der Waals surface area contributed by atoms with E-state index in [2.05, 4.69) is 6.58 Å². The molecule has 15 heavy (non-hydrogen) atoms. The fourth-order valence-electron chi connectivity index (χ4n) is 1.24. The summed E-state index contributed by atoms with van der Waals surface area (Å²) in [6.07, 6.45) is 2.18. The van der Waals surface area contributed by atoms with E-state index in [4.69, 9.17) is 17.3 Å². The molecule has 0 aromatic heterocycles. The topological polar surface area (TPSA) is 69.2 Å². The largest absolute Gasteiger partial charge is 0.324 e. The lowest BCUT2D eigenvalue weighted by Gasteiger charge is -2.10. The Hall–Kier alpha value is -1.39. The first kappa shape index (κ1) is 11.7. The quantitative estimate of drug-likeness (QED) is 0.488. The summed E-state index contributed by atoms with van der Waals surface area (Å²) in [5, 5.41) is 11.0. The number of rotatable bonds is 4. The van der Waals surface area contributed by atoms with Gasteiger partial charge in [0.2, 0.25) is 0 Å². The minimum absolute atomic E-state index is 0.00564. The molecule has 5 heteroatoms. The van der Waals surface area contributed by atoms with Crippen LogP contribution >= 0.6 is 11.6 Å². The van der Waals surface area contributed by atoms with Gasteiger partial charge in [0.1, 0.15) is 0 Å². The summed E-state index contributed by atoms with van der Waals surface area (Å²) >= 11 is 5.89. The van der Waals surface area contributed by atoms with Gasteiger partial charge in [-0.25, -0.2) is 0 Å². The van der Waals surface area contributed by atoms with Gasteiger partial charge in [-0.2, -0.15) is 0 Å². The van der Waals surface area contributed by atoms with E-state index in [9.17, 15) is 10.1 Å².